The topological polar surface area (TPSA) is 68.5 Å². The summed E-state index contributed by atoms with van der Waals surface area (Å²) in [5.41, 5.74) is 0. The second kappa shape index (κ2) is 6.51. The summed E-state index contributed by atoms with van der Waals surface area (Å²) in [5.74, 6) is 2.14. The zero-order chi connectivity index (χ0) is 15.6. The molecule has 0 unspecified atom stereocenters. The molecule has 2 aromatic rings. The van der Waals surface area contributed by atoms with E-state index < -0.39 is 0 Å². The molecule has 122 valence electrons. The fraction of sp³-hybridized carbons (Fsp3) is 0.562. The predicted molar refractivity (Wildman–Crippen MR) is 84.6 cm³/mol. The van der Waals surface area contributed by atoms with Crippen LogP contribution in [0.4, 0.5) is 0 Å². The minimum absolute atomic E-state index is 0.0645. The highest BCUT2D eigenvalue weighted by molar-refractivity contribution is 7.12. The molecule has 4 rings (SSSR count). The van der Waals surface area contributed by atoms with Gasteiger partial charge in [-0.25, -0.2) is 0 Å². The van der Waals surface area contributed by atoms with Crippen molar-refractivity contribution >= 4 is 17.1 Å². The molecule has 0 aromatic carbocycles. The Morgan fingerprint density at radius 3 is 3.13 bits per heavy atom. The number of rotatable bonds is 6. The van der Waals surface area contributed by atoms with Crippen LogP contribution in [-0.2, 0) is 11.3 Å². The number of aromatic nitrogens is 2. The minimum Gasteiger partial charge on any atom is -0.378 e. The molecule has 2 aliphatic rings. The lowest BCUT2D eigenvalue weighted by Crippen LogP contribution is -2.45. The minimum atomic E-state index is 0.0645. The van der Waals surface area contributed by atoms with Gasteiger partial charge in [0.2, 0.25) is 5.89 Å². The maximum atomic E-state index is 12.4. The van der Waals surface area contributed by atoms with Gasteiger partial charge < -0.3 is 9.26 Å². The Hall–Kier alpha value is -1.57. The number of Topliss-reactive ketones (excluding diaryl/α,β-unsaturated/α-hetero) is 1. The standard InChI is InChI=1S/C16H19N3O3S/c20-13(14-2-1-7-23-14)8-12-10-21-6-5-19(12)9-15-17-16(18-22-15)11-3-4-11/h1-2,7,11-12H,3-6,8-10H2/t12-/m1/s1. The van der Waals surface area contributed by atoms with Crippen LogP contribution in [0.15, 0.2) is 22.0 Å². The molecular weight excluding hydrogens is 314 g/mol. The highest BCUT2D eigenvalue weighted by Crippen LogP contribution is 2.38. The molecule has 1 atom stereocenters. The molecule has 2 fully saturated rings. The smallest absolute Gasteiger partial charge is 0.240 e. The van der Waals surface area contributed by atoms with Crippen molar-refractivity contribution < 1.29 is 14.1 Å². The molecule has 2 aromatic heterocycles. The van der Waals surface area contributed by atoms with E-state index in [9.17, 15) is 4.79 Å². The van der Waals surface area contributed by atoms with Crippen molar-refractivity contribution in [1.82, 2.24) is 15.0 Å². The first kappa shape index (κ1) is 15.0. The third-order valence-corrected chi connectivity index (χ3v) is 5.24. The molecule has 1 aliphatic heterocycles. The van der Waals surface area contributed by atoms with Gasteiger partial charge in [-0.1, -0.05) is 11.2 Å². The Balaban J connectivity index is 1.41. The molecule has 0 amide bonds. The fourth-order valence-corrected chi connectivity index (χ4v) is 3.53. The quantitative estimate of drug-likeness (QED) is 0.757. The van der Waals surface area contributed by atoms with E-state index in [-0.39, 0.29) is 11.8 Å². The summed E-state index contributed by atoms with van der Waals surface area (Å²) in [5, 5.41) is 5.99. The molecule has 1 saturated carbocycles. The Morgan fingerprint density at radius 2 is 2.35 bits per heavy atom. The van der Waals surface area contributed by atoms with E-state index in [1.54, 1.807) is 0 Å². The Labute approximate surface area is 138 Å². The van der Waals surface area contributed by atoms with E-state index in [0.717, 1.165) is 30.1 Å². The molecule has 6 nitrogen and oxygen atoms in total. The molecular formula is C16H19N3O3S. The van der Waals surface area contributed by atoms with Gasteiger partial charge in [0, 0.05) is 24.9 Å². The van der Waals surface area contributed by atoms with Crippen LogP contribution < -0.4 is 0 Å². The Kier molecular flexibility index (Phi) is 4.24. The predicted octanol–water partition coefficient (Wildman–Crippen LogP) is 2.48. The maximum Gasteiger partial charge on any atom is 0.240 e. The van der Waals surface area contributed by atoms with Crippen LogP contribution in [0.3, 0.4) is 0 Å². The van der Waals surface area contributed by atoms with Crippen LogP contribution in [-0.4, -0.2) is 46.6 Å². The summed E-state index contributed by atoms with van der Waals surface area (Å²) >= 11 is 1.49. The normalized spacial score (nSPS) is 22.3. The van der Waals surface area contributed by atoms with E-state index in [2.05, 4.69) is 15.0 Å². The number of hydrogen-bond acceptors (Lipinski definition) is 7. The van der Waals surface area contributed by atoms with Crippen molar-refractivity contribution in [2.24, 2.45) is 0 Å². The molecule has 0 radical (unpaired) electrons. The lowest BCUT2D eigenvalue weighted by atomic mass is 10.1. The first-order valence-corrected chi connectivity index (χ1v) is 8.88. The zero-order valence-electron chi connectivity index (χ0n) is 12.8. The van der Waals surface area contributed by atoms with Crippen molar-refractivity contribution in [3.63, 3.8) is 0 Å². The maximum absolute atomic E-state index is 12.4. The third-order valence-electron chi connectivity index (χ3n) is 4.33. The average molecular weight is 333 g/mol. The monoisotopic (exact) mass is 333 g/mol. The lowest BCUT2D eigenvalue weighted by Gasteiger charge is -2.34. The number of hydrogen-bond donors (Lipinski definition) is 0. The van der Waals surface area contributed by atoms with Gasteiger partial charge >= 0.3 is 0 Å². The highest BCUT2D eigenvalue weighted by atomic mass is 32.1. The molecule has 23 heavy (non-hydrogen) atoms. The summed E-state index contributed by atoms with van der Waals surface area (Å²) in [4.78, 5) is 19.9. The largest absolute Gasteiger partial charge is 0.378 e. The first-order chi connectivity index (χ1) is 11.3. The molecule has 7 heteroatoms. The van der Waals surface area contributed by atoms with Gasteiger partial charge in [-0.2, -0.15) is 4.98 Å². The SMILES string of the molecule is O=C(C[C@@H]1COCCN1Cc1nc(C2CC2)no1)c1cccs1. The average Bonchev–Trinajstić information content (AvgIpc) is 3.08. The van der Waals surface area contributed by atoms with Gasteiger partial charge in [0.1, 0.15) is 0 Å². The van der Waals surface area contributed by atoms with E-state index in [0.29, 0.717) is 38.0 Å². The van der Waals surface area contributed by atoms with Crippen molar-refractivity contribution in [2.45, 2.75) is 37.8 Å². The number of ketones is 1. The molecule has 3 heterocycles. The number of nitrogens with zero attached hydrogens (tertiary/aromatic N) is 3. The van der Waals surface area contributed by atoms with Gasteiger partial charge in [-0.15, -0.1) is 11.3 Å². The fourth-order valence-electron chi connectivity index (χ4n) is 2.85. The van der Waals surface area contributed by atoms with E-state index in [4.69, 9.17) is 9.26 Å². The summed E-state index contributed by atoms with van der Waals surface area (Å²) in [6.45, 7) is 2.61. The zero-order valence-corrected chi connectivity index (χ0v) is 13.6. The van der Waals surface area contributed by atoms with E-state index in [1.165, 1.54) is 11.3 Å². The summed E-state index contributed by atoms with van der Waals surface area (Å²) in [6.07, 6.45) is 2.78. The van der Waals surface area contributed by atoms with Crippen molar-refractivity contribution in [1.29, 1.82) is 0 Å². The molecule has 0 spiro atoms. The molecule has 0 bridgehead atoms. The lowest BCUT2D eigenvalue weighted by molar-refractivity contribution is -0.0164. The van der Waals surface area contributed by atoms with Gasteiger partial charge in [0.05, 0.1) is 24.6 Å². The molecule has 0 N–H and O–H groups in total. The van der Waals surface area contributed by atoms with Gasteiger partial charge in [0.15, 0.2) is 11.6 Å². The van der Waals surface area contributed by atoms with Crippen LogP contribution in [0.1, 0.15) is 46.6 Å². The van der Waals surface area contributed by atoms with Crippen LogP contribution in [0.5, 0.6) is 0 Å². The number of carbonyl (C=O) groups excluding carboxylic acids is 1. The second-order valence-corrected chi connectivity index (χ2v) is 7.07. The van der Waals surface area contributed by atoms with Gasteiger partial charge in [-0.05, 0) is 24.3 Å². The van der Waals surface area contributed by atoms with Crippen molar-refractivity contribution in [3.05, 3.63) is 34.1 Å². The number of ether oxygens (including phenoxy) is 1. The first-order valence-electron chi connectivity index (χ1n) is 8.00. The van der Waals surface area contributed by atoms with E-state index in [1.807, 2.05) is 17.5 Å². The second-order valence-electron chi connectivity index (χ2n) is 6.12. The summed E-state index contributed by atoms with van der Waals surface area (Å²) in [6, 6.07) is 3.85. The number of morpholine rings is 1. The van der Waals surface area contributed by atoms with Crippen LogP contribution >= 0.6 is 11.3 Å². The van der Waals surface area contributed by atoms with Crippen molar-refractivity contribution in [3.8, 4) is 0 Å². The van der Waals surface area contributed by atoms with Gasteiger partial charge in [0.25, 0.3) is 0 Å². The number of carbonyl (C=O) groups is 1. The van der Waals surface area contributed by atoms with Gasteiger partial charge in [-0.3, -0.25) is 9.69 Å². The van der Waals surface area contributed by atoms with Crippen LogP contribution in [0.2, 0.25) is 0 Å². The van der Waals surface area contributed by atoms with E-state index >= 15 is 0 Å². The summed E-state index contributed by atoms with van der Waals surface area (Å²) in [7, 11) is 0. The Morgan fingerprint density at radius 1 is 1.43 bits per heavy atom. The van der Waals surface area contributed by atoms with Crippen molar-refractivity contribution in [2.75, 3.05) is 19.8 Å². The van der Waals surface area contributed by atoms with Crippen LogP contribution in [0.25, 0.3) is 0 Å². The molecule has 1 aliphatic carbocycles. The highest BCUT2D eigenvalue weighted by Gasteiger charge is 2.31. The van der Waals surface area contributed by atoms with Crippen LogP contribution in [0, 0.1) is 0 Å². The number of thiophene rings is 1. The molecule has 1 saturated heterocycles. The summed E-state index contributed by atoms with van der Waals surface area (Å²) < 4.78 is 10.9. The Bertz CT molecular complexity index is 666. The third kappa shape index (κ3) is 3.52.